The first-order valence-corrected chi connectivity index (χ1v) is 5.83. The fourth-order valence-electron chi connectivity index (χ4n) is 2.02. The Hall–Kier alpha value is -1.33. The lowest BCUT2D eigenvalue weighted by Gasteiger charge is -2.25. The highest BCUT2D eigenvalue weighted by Gasteiger charge is 2.21. The van der Waals surface area contributed by atoms with Crippen molar-refractivity contribution >= 4 is 5.97 Å². The van der Waals surface area contributed by atoms with Crippen molar-refractivity contribution in [1.82, 2.24) is 4.90 Å². The molecule has 1 N–H and O–H groups in total. The fourth-order valence-corrected chi connectivity index (χ4v) is 2.02. The van der Waals surface area contributed by atoms with Crippen molar-refractivity contribution in [2.24, 2.45) is 0 Å². The molecule has 0 amide bonds. The molecule has 17 heavy (non-hydrogen) atoms. The summed E-state index contributed by atoms with van der Waals surface area (Å²) in [6, 6.07) is 3.33. The van der Waals surface area contributed by atoms with E-state index in [4.69, 9.17) is 14.3 Å². The van der Waals surface area contributed by atoms with Gasteiger partial charge in [-0.05, 0) is 25.5 Å². The van der Waals surface area contributed by atoms with Gasteiger partial charge in [0.1, 0.15) is 5.76 Å². The number of nitrogens with zero attached hydrogens (tertiary/aromatic N) is 1. The third-order valence-electron chi connectivity index (χ3n) is 3.05. The van der Waals surface area contributed by atoms with Crippen LogP contribution in [-0.2, 0) is 4.74 Å². The van der Waals surface area contributed by atoms with Crippen LogP contribution in [-0.4, -0.2) is 42.3 Å². The Labute approximate surface area is 100.0 Å². The second-order valence-corrected chi connectivity index (χ2v) is 4.19. The molecule has 2 heterocycles. The Kier molecular flexibility index (Phi) is 3.81. The van der Waals surface area contributed by atoms with Crippen LogP contribution in [0.3, 0.4) is 0 Å². The predicted octanol–water partition coefficient (Wildman–Crippen LogP) is 1.76. The van der Waals surface area contributed by atoms with E-state index in [-0.39, 0.29) is 11.8 Å². The summed E-state index contributed by atoms with van der Waals surface area (Å²) < 4.78 is 10.7. The normalized spacial score (nSPS) is 19.8. The Morgan fingerprint density at radius 3 is 2.94 bits per heavy atom. The van der Waals surface area contributed by atoms with Gasteiger partial charge < -0.3 is 14.3 Å². The minimum absolute atomic E-state index is 0.00192. The summed E-state index contributed by atoms with van der Waals surface area (Å²) in [5.74, 6) is -0.329. The van der Waals surface area contributed by atoms with Crippen LogP contribution in [0.5, 0.6) is 0 Å². The minimum Gasteiger partial charge on any atom is -0.475 e. The lowest BCUT2D eigenvalue weighted by Crippen LogP contribution is -2.29. The highest BCUT2D eigenvalue weighted by molar-refractivity contribution is 5.84. The molecule has 5 heteroatoms. The Balaban J connectivity index is 2.06. The third kappa shape index (κ3) is 2.87. The lowest BCUT2D eigenvalue weighted by atomic mass is 10.2. The smallest absolute Gasteiger partial charge is 0.371 e. The van der Waals surface area contributed by atoms with Gasteiger partial charge in [0.05, 0.1) is 12.6 Å². The topological polar surface area (TPSA) is 62.9 Å². The molecule has 0 radical (unpaired) electrons. The van der Waals surface area contributed by atoms with Gasteiger partial charge in [-0.3, -0.25) is 4.90 Å². The molecule has 5 nitrogen and oxygen atoms in total. The number of carboxylic acids is 1. The van der Waals surface area contributed by atoms with Crippen LogP contribution in [0.4, 0.5) is 0 Å². The van der Waals surface area contributed by atoms with Crippen LogP contribution in [0, 0.1) is 0 Å². The maximum absolute atomic E-state index is 10.7. The van der Waals surface area contributed by atoms with Crippen LogP contribution < -0.4 is 0 Å². The van der Waals surface area contributed by atoms with Crippen molar-refractivity contribution in [3.8, 4) is 0 Å². The number of furan rings is 1. The first kappa shape index (κ1) is 12.1. The number of carbonyl (C=O) groups is 1. The van der Waals surface area contributed by atoms with Gasteiger partial charge in [0.15, 0.2) is 0 Å². The van der Waals surface area contributed by atoms with E-state index in [9.17, 15) is 4.79 Å². The molecule has 94 valence electrons. The molecule has 0 saturated carbocycles. The summed E-state index contributed by atoms with van der Waals surface area (Å²) in [5.41, 5.74) is 0. The molecule has 0 bridgehead atoms. The van der Waals surface area contributed by atoms with Crippen LogP contribution in [0.25, 0.3) is 0 Å². The average molecular weight is 239 g/mol. The Bertz CT molecular complexity index is 380. The number of rotatable bonds is 3. The third-order valence-corrected chi connectivity index (χ3v) is 3.05. The van der Waals surface area contributed by atoms with Crippen molar-refractivity contribution < 1.29 is 19.1 Å². The summed E-state index contributed by atoms with van der Waals surface area (Å²) >= 11 is 0. The van der Waals surface area contributed by atoms with Gasteiger partial charge in [0.2, 0.25) is 5.76 Å². The van der Waals surface area contributed by atoms with Crippen molar-refractivity contribution in [3.63, 3.8) is 0 Å². The summed E-state index contributed by atoms with van der Waals surface area (Å²) in [6.45, 7) is 5.34. The summed E-state index contributed by atoms with van der Waals surface area (Å²) in [7, 11) is 0. The van der Waals surface area contributed by atoms with Gasteiger partial charge in [0, 0.05) is 19.7 Å². The molecule has 1 aliphatic heterocycles. The largest absolute Gasteiger partial charge is 0.475 e. The molecule has 0 aromatic carbocycles. The van der Waals surface area contributed by atoms with Gasteiger partial charge in [-0.2, -0.15) is 0 Å². The first-order chi connectivity index (χ1) is 8.18. The SMILES string of the molecule is CC(c1ccc(C(=O)O)o1)N1CCCOCC1. The van der Waals surface area contributed by atoms with Crippen molar-refractivity contribution in [2.75, 3.05) is 26.3 Å². The van der Waals surface area contributed by atoms with Crippen LogP contribution >= 0.6 is 0 Å². The molecular weight excluding hydrogens is 222 g/mol. The molecule has 1 aliphatic rings. The van der Waals surface area contributed by atoms with Gasteiger partial charge in [0.25, 0.3) is 0 Å². The second kappa shape index (κ2) is 5.33. The number of carboxylic acid groups (broad SMARTS) is 1. The van der Waals surface area contributed by atoms with E-state index >= 15 is 0 Å². The molecule has 0 spiro atoms. The fraction of sp³-hybridized carbons (Fsp3) is 0.583. The van der Waals surface area contributed by atoms with Crippen molar-refractivity contribution in [2.45, 2.75) is 19.4 Å². The van der Waals surface area contributed by atoms with E-state index in [1.54, 1.807) is 6.07 Å². The number of hydrogen-bond acceptors (Lipinski definition) is 4. The molecular formula is C12H17NO4. The highest BCUT2D eigenvalue weighted by atomic mass is 16.5. The van der Waals surface area contributed by atoms with Gasteiger partial charge in [-0.15, -0.1) is 0 Å². The molecule has 1 atom stereocenters. The molecule has 0 aliphatic carbocycles. The summed E-state index contributed by atoms with van der Waals surface area (Å²) in [6.07, 6.45) is 0.997. The Morgan fingerprint density at radius 2 is 2.24 bits per heavy atom. The van der Waals surface area contributed by atoms with E-state index in [0.29, 0.717) is 5.76 Å². The maximum atomic E-state index is 10.7. The Morgan fingerprint density at radius 1 is 1.41 bits per heavy atom. The molecule has 1 fully saturated rings. The quantitative estimate of drug-likeness (QED) is 0.870. The van der Waals surface area contributed by atoms with E-state index in [1.165, 1.54) is 6.07 Å². The number of ether oxygens (including phenoxy) is 1. The van der Waals surface area contributed by atoms with Crippen LogP contribution in [0.15, 0.2) is 16.5 Å². The van der Waals surface area contributed by atoms with Gasteiger partial charge >= 0.3 is 5.97 Å². The van der Waals surface area contributed by atoms with Crippen molar-refractivity contribution in [3.05, 3.63) is 23.7 Å². The van der Waals surface area contributed by atoms with Crippen LogP contribution in [0.1, 0.15) is 35.7 Å². The first-order valence-electron chi connectivity index (χ1n) is 5.83. The zero-order valence-electron chi connectivity index (χ0n) is 9.89. The monoisotopic (exact) mass is 239 g/mol. The number of hydrogen-bond donors (Lipinski definition) is 1. The highest BCUT2D eigenvalue weighted by Crippen LogP contribution is 2.23. The second-order valence-electron chi connectivity index (χ2n) is 4.19. The molecule has 1 saturated heterocycles. The van der Waals surface area contributed by atoms with E-state index in [2.05, 4.69) is 4.90 Å². The molecule has 1 unspecified atom stereocenters. The molecule has 1 aromatic heterocycles. The summed E-state index contributed by atoms with van der Waals surface area (Å²) in [4.78, 5) is 13.0. The predicted molar refractivity (Wildman–Crippen MR) is 61.1 cm³/mol. The zero-order valence-corrected chi connectivity index (χ0v) is 9.89. The van der Waals surface area contributed by atoms with E-state index < -0.39 is 5.97 Å². The minimum atomic E-state index is -1.03. The van der Waals surface area contributed by atoms with E-state index in [0.717, 1.165) is 32.7 Å². The molecule has 2 rings (SSSR count). The van der Waals surface area contributed by atoms with Gasteiger partial charge in [-0.1, -0.05) is 0 Å². The van der Waals surface area contributed by atoms with Crippen molar-refractivity contribution in [1.29, 1.82) is 0 Å². The standard InChI is InChI=1S/C12H17NO4/c1-9(13-5-2-7-16-8-6-13)10-3-4-11(17-10)12(14)15/h3-4,9H,2,5-8H2,1H3,(H,14,15). The van der Waals surface area contributed by atoms with Gasteiger partial charge in [-0.25, -0.2) is 4.79 Å². The molecule has 1 aromatic rings. The number of aromatic carboxylic acids is 1. The van der Waals surface area contributed by atoms with E-state index in [1.807, 2.05) is 6.92 Å². The zero-order chi connectivity index (χ0) is 12.3. The maximum Gasteiger partial charge on any atom is 0.371 e. The lowest BCUT2D eigenvalue weighted by molar-refractivity contribution is 0.0655. The van der Waals surface area contributed by atoms with Crippen LogP contribution in [0.2, 0.25) is 0 Å². The average Bonchev–Trinajstić information content (AvgIpc) is 2.65. The summed E-state index contributed by atoms with van der Waals surface area (Å²) in [5, 5.41) is 8.81.